The summed E-state index contributed by atoms with van der Waals surface area (Å²) in [4.78, 5) is 18.9. The molecule has 2 rings (SSSR count). The van der Waals surface area contributed by atoms with Crippen LogP contribution in [0, 0.1) is 17.0 Å². The standard InChI is InChI=1S/C11H13ClN6O2/c1-3-4-13-11-15-7(2)9(18(19)20)10(16-11)17-6-8(12)5-14-17/h5-6H,3-4H2,1-2H3,(H,13,15,16). The van der Waals surface area contributed by atoms with Crippen LogP contribution in [0.3, 0.4) is 0 Å². The summed E-state index contributed by atoms with van der Waals surface area (Å²) in [5, 5.41) is 18.5. The molecule has 0 amide bonds. The van der Waals surface area contributed by atoms with Gasteiger partial charge in [-0.05, 0) is 13.3 Å². The van der Waals surface area contributed by atoms with Gasteiger partial charge in [0.1, 0.15) is 5.69 Å². The highest BCUT2D eigenvalue weighted by molar-refractivity contribution is 6.30. The monoisotopic (exact) mass is 296 g/mol. The first-order valence-corrected chi connectivity index (χ1v) is 6.38. The maximum absolute atomic E-state index is 11.2. The molecular formula is C11H13ClN6O2. The van der Waals surface area contributed by atoms with Gasteiger partial charge in [0.15, 0.2) is 0 Å². The van der Waals surface area contributed by atoms with Crippen molar-refractivity contribution in [1.29, 1.82) is 0 Å². The van der Waals surface area contributed by atoms with E-state index >= 15 is 0 Å². The number of aryl methyl sites for hydroxylation is 1. The van der Waals surface area contributed by atoms with Gasteiger partial charge in [-0.3, -0.25) is 10.1 Å². The van der Waals surface area contributed by atoms with Crippen LogP contribution in [0.15, 0.2) is 12.4 Å². The fourth-order valence-electron chi connectivity index (χ4n) is 1.66. The van der Waals surface area contributed by atoms with Gasteiger partial charge in [-0.1, -0.05) is 18.5 Å². The van der Waals surface area contributed by atoms with E-state index in [9.17, 15) is 10.1 Å². The summed E-state index contributed by atoms with van der Waals surface area (Å²) in [6.07, 6.45) is 3.74. The molecule has 0 fully saturated rings. The van der Waals surface area contributed by atoms with Gasteiger partial charge < -0.3 is 5.32 Å². The number of halogens is 1. The summed E-state index contributed by atoms with van der Waals surface area (Å²) in [6, 6.07) is 0. The summed E-state index contributed by atoms with van der Waals surface area (Å²) in [5.41, 5.74) is 0.0806. The van der Waals surface area contributed by atoms with E-state index in [-0.39, 0.29) is 17.2 Å². The molecule has 0 aliphatic heterocycles. The lowest BCUT2D eigenvalue weighted by atomic mass is 10.3. The number of rotatable bonds is 5. The van der Waals surface area contributed by atoms with Gasteiger partial charge in [0.05, 0.1) is 22.3 Å². The molecule has 0 saturated carbocycles. The zero-order chi connectivity index (χ0) is 14.7. The Morgan fingerprint density at radius 3 is 2.80 bits per heavy atom. The van der Waals surface area contributed by atoms with Crippen molar-refractivity contribution in [2.24, 2.45) is 0 Å². The van der Waals surface area contributed by atoms with Crippen LogP contribution in [0.1, 0.15) is 19.0 Å². The van der Waals surface area contributed by atoms with Crippen molar-refractivity contribution in [3.8, 4) is 5.82 Å². The number of anilines is 1. The Balaban J connectivity index is 2.55. The topological polar surface area (TPSA) is 98.8 Å². The lowest BCUT2D eigenvalue weighted by Gasteiger charge is -2.08. The SMILES string of the molecule is CCCNc1nc(C)c([N+](=O)[O-])c(-n2cc(Cl)cn2)n1. The Hall–Kier alpha value is -2.22. The predicted molar refractivity (Wildman–Crippen MR) is 74.3 cm³/mol. The summed E-state index contributed by atoms with van der Waals surface area (Å²) in [7, 11) is 0. The fourth-order valence-corrected chi connectivity index (χ4v) is 1.79. The van der Waals surface area contributed by atoms with Gasteiger partial charge in [0.25, 0.3) is 0 Å². The molecule has 2 heterocycles. The molecule has 8 nitrogen and oxygen atoms in total. The normalized spacial score (nSPS) is 10.6. The molecule has 1 N–H and O–H groups in total. The van der Waals surface area contributed by atoms with Crippen molar-refractivity contribution < 1.29 is 4.92 Å². The van der Waals surface area contributed by atoms with Crippen LogP contribution in [0.25, 0.3) is 5.82 Å². The number of nitrogens with one attached hydrogen (secondary N) is 1. The molecular weight excluding hydrogens is 284 g/mol. The molecule has 0 spiro atoms. The molecule has 0 bridgehead atoms. The zero-order valence-electron chi connectivity index (χ0n) is 11.0. The predicted octanol–water partition coefficient (Wildman–Crippen LogP) is 2.35. The maximum Gasteiger partial charge on any atom is 0.334 e. The van der Waals surface area contributed by atoms with Crippen molar-refractivity contribution in [2.75, 3.05) is 11.9 Å². The largest absolute Gasteiger partial charge is 0.354 e. The highest BCUT2D eigenvalue weighted by Crippen LogP contribution is 2.25. The lowest BCUT2D eigenvalue weighted by Crippen LogP contribution is -2.12. The Morgan fingerprint density at radius 2 is 2.25 bits per heavy atom. The Labute approximate surface area is 120 Å². The molecule has 2 aromatic heterocycles. The van der Waals surface area contributed by atoms with Crippen molar-refractivity contribution in [2.45, 2.75) is 20.3 Å². The number of hydrogen-bond acceptors (Lipinski definition) is 6. The highest BCUT2D eigenvalue weighted by Gasteiger charge is 2.24. The van der Waals surface area contributed by atoms with Crippen LogP contribution in [-0.4, -0.2) is 31.2 Å². The molecule has 0 unspecified atom stereocenters. The van der Waals surface area contributed by atoms with E-state index < -0.39 is 4.92 Å². The molecule has 20 heavy (non-hydrogen) atoms. The quantitative estimate of drug-likeness (QED) is 0.671. The Morgan fingerprint density at radius 1 is 1.50 bits per heavy atom. The van der Waals surface area contributed by atoms with Crippen molar-refractivity contribution in [3.63, 3.8) is 0 Å². The van der Waals surface area contributed by atoms with Crippen LogP contribution in [0.2, 0.25) is 5.02 Å². The van der Waals surface area contributed by atoms with Crippen molar-refractivity contribution >= 4 is 23.2 Å². The summed E-state index contributed by atoms with van der Waals surface area (Å²) in [6.45, 7) is 4.24. The molecule has 0 saturated heterocycles. The first-order valence-electron chi connectivity index (χ1n) is 6.00. The van der Waals surface area contributed by atoms with Crippen LogP contribution >= 0.6 is 11.6 Å². The number of aromatic nitrogens is 4. The first kappa shape index (κ1) is 14.2. The third kappa shape index (κ3) is 2.85. The average Bonchev–Trinajstić information content (AvgIpc) is 2.81. The Bertz CT molecular complexity index is 642. The van der Waals surface area contributed by atoms with E-state index in [1.165, 1.54) is 17.1 Å². The molecule has 0 radical (unpaired) electrons. The van der Waals surface area contributed by atoms with Crippen LogP contribution in [0.4, 0.5) is 11.6 Å². The minimum absolute atomic E-state index is 0.0907. The average molecular weight is 297 g/mol. The molecule has 0 aliphatic rings. The van der Waals surface area contributed by atoms with E-state index in [1.807, 2.05) is 6.92 Å². The van der Waals surface area contributed by atoms with Gasteiger partial charge in [-0.15, -0.1) is 0 Å². The first-order chi connectivity index (χ1) is 9.52. The third-order valence-corrected chi connectivity index (χ3v) is 2.72. The lowest BCUT2D eigenvalue weighted by molar-refractivity contribution is -0.385. The van der Waals surface area contributed by atoms with Crippen LogP contribution in [-0.2, 0) is 0 Å². The van der Waals surface area contributed by atoms with E-state index in [4.69, 9.17) is 11.6 Å². The molecule has 9 heteroatoms. The second-order valence-electron chi connectivity index (χ2n) is 4.09. The molecule has 2 aromatic rings. The van der Waals surface area contributed by atoms with Crippen molar-refractivity contribution in [3.05, 3.63) is 33.2 Å². The second-order valence-corrected chi connectivity index (χ2v) is 4.53. The van der Waals surface area contributed by atoms with Crippen molar-refractivity contribution in [1.82, 2.24) is 19.7 Å². The Kier molecular flexibility index (Phi) is 4.14. The van der Waals surface area contributed by atoms with E-state index in [1.54, 1.807) is 6.92 Å². The highest BCUT2D eigenvalue weighted by atomic mass is 35.5. The summed E-state index contributed by atoms with van der Waals surface area (Å²) in [5.74, 6) is 0.421. The molecule has 106 valence electrons. The smallest absolute Gasteiger partial charge is 0.334 e. The van der Waals surface area contributed by atoms with Gasteiger partial charge in [-0.2, -0.15) is 10.1 Å². The summed E-state index contributed by atoms with van der Waals surface area (Å²) < 4.78 is 1.27. The zero-order valence-corrected chi connectivity index (χ0v) is 11.8. The van der Waals surface area contributed by atoms with Gasteiger partial charge in [0.2, 0.25) is 11.8 Å². The number of nitro groups is 1. The molecule has 0 aromatic carbocycles. The minimum Gasteiger partial charge on any atom is -0.354 e. The van der Waals surface area contributed by atoms with Crippen LogP contribution < -0.4 is 5.32 Å². The van der Waals surface area contributed by atoms with Gasteiger partial charge in [-0.25, -0.2) is 9.67 Å². The third-order valence-electron chi connectivity index (χ3n) is 2.52. The fraction of sp³-hybridized carbons (Fsp3) is 0.364. The summed E-state index contributed by atoms with van der Waals surface area (Å²) >= 11 is 5.79. The molecule has 0 aliphatic carbocycles. The maximum atomic E-state index is 11.2. The van der Waals surface area contributed by atoms with Gasteiger partial charge >= 0.3 is 5.69 Å². The molecule has 0 atom stereocenters. The van der Waals surface area contributed by atoms with Gasteiger partial charge in [0, 0.05) is 6.54 Å². The van der Waals surface area contributed by atoms with E-state index in [0.717, 1.165) is 6.42 Å². The van der Waals surface area contributed by atoms with E-state index in [0.29, 0.717) is 17.5 Å². The van der Waals surface area contributed by atoms with Crippen LogP contribution in [0.5, 0.6) is 0 Å². The minimum atomic E-state index is -0.524. The second kappa shape index (κ2) is 5.83. The van der Waals surface area contributed by atoms with E-state index in [2.05, 4.69) is 20.4 Å². The number of nitrogens with zero attached hydrogens (tertiary/aromatic N) is 5. The number of hydrogen-bond donors (Lipinski definition) is 1.